The molecule has 0 aliphatic carbocycles. The number of primary amides is 1. The number of para-hydroxylation sites is 1. The van der Waals surface area contributed by atoms with Gasteiger partial charge in [-0.1, -0.05) is 25.1 Å². The first-order chi connectivity index (χ1) is 12.9. The second-order valence-corrected chi connectivity index (χ2v) is 7.02. The minimum absolute atomic E-state index is 0.309. The number of hydrogen-bond donors (Lipinski definition) is 2. The molecule has 2 aromatic heterocycles. The zero-order valence-corrected chi connectivity index (χ0v) is 16.2. The lowest BCUT2D eigenvalue weighted by Gasteiger charge is -2.32. The van der Waals surface area contributed by atoms with Crippen LogP contribution in [0.25, 0.3) is 21.9 Å². The molecule has 1 amide bonds. The maximum Gasteiger partial charge on any atom is 0.217 e. The number of methoxy groups -OCH3 is 1. The van der Waals surface area contributed by atoms with E-state index in [1.807, 2.05) is 31.2 Å². The fourth-order valence-electron chi connectivity index (χ4n) is 3.64. The summed E-state index contributed by atoms with van der Waals surface area (Å²) in [7, 11) is 1.68. The van der Waals surface area contributed by atoms with Gasteiger partial charge in [-0.3, -0.25) is 9.36 Å². The monoisotopic (exact) mass is 369 g/mol. The third-order valence-electron chi connectivity index (χ3n) is 5.04. The predicted octanol–water partition coefficient (Wildman–Crippen LogP) is 3.09. The van der Waals surface area contributed by atoms with Crippen molar-refractivity contribution in [2.45, 2.75) is 51.7 Å². The summed E-state index contributed by atoms with van der Waals surface area (Å²) in [5, 5.41) is 0.981. The number of hydrogen-bond acceptors (Lipinski definition) is 5. The quantitative estimate of drug-likeness (QED) is 0.634. The number of aryl methyl sites for hydroxylation is 1. The highest BCUT2D eigenvalue weighted by Crippen LogP contribution is 2.36. The molecule has 144 valence electrons. The van der Waals surface area contributed by atoms with Crippen LogP contribution in [0.2, 0.25) is 0 Å². The van der Waals surface area contributed by atoms with Gasteiger partial charge in [0.15, 0.2) is 5.82 Å². The highest BCUT2D eigenvalue weighted by atomic mass is 16.5. The highest BCUT2D eigenvalue weighted by molar-refractivity contribution is 6.06. The van der Waals surface area contributed by atoms with Gasteiger partial charge in [-0.15, -0.1) is 0 Å². The number of nitrogens with two attached hydrogens (primary N) is 2. The van der Waals surface area contributed by atoms with Crippen molar-refractivity contribution in [1.29, 1.82) is 0 Å². The van der Waals surface area contributed by atoms with Gasteiger partial charge in [0.2, 0.25) is 5.91 Å². The predicted molar refractivity (Wildman–Crippen MR) is 107 cm³/mol. The van der Waals surface area contributed by atoms with Crippen molar-refractivity contribution >= 4 is 33.7 Å². The molecule has 4 N–H and O–H groups in total. The van der Waals surface area contributed by atoms with E-state index in [1.54, 1.807) is 7.11 Å². The van der Waals surface area contributed by atoms with E-state index in [9.17, 15) is 4.79 Å². The molecule has 3 aromatic rings. The zero-order valence-electron chi connectivity index (χ0n) is 16.2. The number of ether oxygens (including phenoxy) is 1. The normalized spacial score (nSPS) is 13.9. The molecule has 0 aliphatic rings. The third kappa shape index (κ3) is 3.47. The van der Waals surface area contributed by atoms with Crippen LogP contribution < -0.4 is 11.5 Å². The van der Waals surface area contributed by atoms with E-state index in [-0.39, 0.29) is 5.91 Å². The first-order valence-electron chi connectivity index (χ1n) is 9.30. The number of nitrogen functional groups attached to an aromatic ring is 1. The summed E-state index contributed by atoms with van der Waals surface area (Å²) in [6, 6.07) is 7.89. The largest absolute Gasteiger partial charge is 0.382 e. The Kier molecular flexibility index (Phi) is 5.32. The number of rotatable bonds is 8. The molecule has 2 heterocycles. The number of anilines is 1. The van der Waals surface area contributed by atoms with E-state index in [0.717, 1.165) is 35.1 Å². The highest BCUT2D eigenvalue weighted by Gasteiger charge is 2.32. The average Bonchev–Trinajstić information content (AvgIpc) is 3.02. The number of imidazole rings is 1. The molecule has 1 unspecified atom stereocenters. The first kappa shape index (κ1) is 19.1. The number of amides is 1. The van der Waals surface area contributed by atoms with E-state index in [1.165, 1.54) is 0 Å². The summed E-state index contributed by atoms with van der Waals surface area (Å²) in [6.45, 7) is 4.13. The Hall–Kier alpha value is -2.67. The van der Waals surface area contributed by atoms with E-state index in [4.69, 9.17) is 21.2 Å². The second-order valence-electron chi connectivity index (χ2n) is 7.02. The number of benzene rings is 1. The number of aromatic nitrogens is 3. The smallest absolute Gasteiger partial charge is 0.217 e. The minimum Gasteiger partial charge on any atom is -0.382 e. The Morgan fingerprint density at radius 3 is 2.70 bits per heavy atom. The Morgan fingerprint density at radius 1 is 1.30 bits per heavy atom. The molecular weight excluding hydrogens is 342 g/mol. The van der Waals surface area contributed by atoms with Crippen molar-refractivity contribution < 1.29 is 9.53 Å². The van der Waals surface area contributed by atoms with Crippen LogP contribution in [0.5, 0.6) is 0 Å². The zero-order chi connectivity index (χ0) is 19.6. The Balaban J connectivity index is 2.27. The molecular formula is C20H27N5O2. The molecule has 1 atom stereocenters. The molecule has 0 saturated heterocycles. The number of carbonyl (C=O) groups is 1. The van der Waals surface area contributed by atoms with Gasteiger partial charge in [0.1, 0.15) is 17.1 Å². The number of nitrogens with zero attached hydrogens (tertiary/aromatic N) is 3. The number of carbonyl (C=O) groups excluding carboxylic acids is 1. The number of pyridine rings is 1. The maximum atomic E-state index is 11.2. The van der Waals surface area contributed by atoms with Gasteiger partial charge in [0.25, 0.3) is 0 Å². The van der Waals surface area contributed by atoms with Crippen LogP contribution in [0.4, 0.5) is 5.82 Å². The van der Waals surface area contributed by atoms with E-state index in [0.29, 0.717) is 30.6 Å². The molecule has 0 radical (unpaired) electrons. The fraction of sp³-hybridized carbons (Fsp3) is 0.450. The summed E-state index contributed by atoms with van der Waals surface area (Å²) in [5.74, 6) is 1.01. The van der Waals surface area contributed by atoms with Gasteiger partial charge in [0, 0.05) is 25.3 Å². The van der Waals surface area contributed by atoms with Crippen LogP contribution in [-0.4, -0.2) is 27.6 Å². The topological polar surface area (TPSA) is 109 Å². The van der Waals surface area contributed by atoms with Gasteiger partial charge < -0.3 is 16.2 Å². The maximum absolute atomic E-state index is 11.2. The molecule has 0 saturated carbocycles. The summed E-state index contributed by atoms with van der Waals surface area (Å²) < 4.78 is 8.09. The lowest BCUT2D eigenvalue weighted by molar-refractivity contribution is -0.118. The van der Waals surface area contributed by atoms with Gasteiger partial charge >= 0.3 is 0 Å². The van der Waals surface area contributed by atoms with Crippen LogP contribution in [0.3, 0.4) is 0 Å². The van der Waals surface area contributed by atoms with E-state index >= 15 is 0 Å². The van der Waals surface area contributed by atoms with Gasteiger partial charge in [-0.25, -0.2) is 9.97 Å². The fourth-order valence-corrected chi connectivity index (χ4v) is 3.64. The minimum atomic E-state index is -0.675. The molecule has 0 fully saturated rings. The van der Waals surface area contributed by atoms with Crippen molar-refractivity contribution in [3.05, 3.63) is 30.1 Å². The summed E-state index contributed by atoms with van der Waals surface area (Å²) >= 11 is 0. The summed E-state index contributed by atoms with van der Waals surface area (Å²) in [5.41, 5.74) is 13.3. The number of fused-ring (bicyclic) bond motifs is 3. The lowest BCUT2D eigenvalue weighted by atomic mass is 10.0. The molecule has 0 bridgehead atoms. The van der Waals surface area contributed by atoms with Crippen LogP contribution >= 0.6 is 0 Å². The van der Waals surface area contributed by atoms with Gasteiger partial charge in [0.05, 0.1) is 11.0 Å². The molecule has 27 heavy (non-hydrogen) atoms. The molecule has 3 rings (SSSR count). The van der Waals surface area contributed by atoms with Crippen LogP contribution in [0, 0.1) is 0 Å². The first-order valence-corrected chi connectivity index (χ1v) is 9.30. The Bertz CT molecular complexity index is 981. The standard InChI is InChI=1S/C20H27N5O2/c1-4-8-16-24-17-18(13-9-5-6-10-14(13)23-19(17)22)25(16)20(2,27-3)12-7-11-15(21)26/h5-6,9-10H,4,7-8,11-12H2,1-3H3,(H2,21,26)(H2,22,23). The van der Waals surface area contributed by atoms with Crippen LogP contribution in [0.15, 0.2) is 24.3 Å². The summed E-state index contributed by atoms with van der Waals surface area (Å²) in [6.07, 6.45) is 3.31. The average molecular weight is 369 g/mol. The Morgan fingerprint density at radius 2 is 2.04 bits per heavy atom. The van der Waals surface area contributed by atoms with Crippen molar-refractivity contribution in [3.63, 3.8) is 0 Å². The summed E-state index contributed by atoms with van der Waals surface area (Å²) in [4.78, 5) is 20.5. The Labute approximate surface area is 158 Å². The van der Waals surface area contributed by atoms with Crippen molar-refractivity contribution in [2.75, 3.05) is 12.8 Å². The van der Waals surface area contributed by atoms with Crippen molar-refractivity contribution in [3.8, 4) is 0 Å². The van der Waals surface area contributed by atoms with Crippen molar-refractivity contribution in [1.82, 2.24) is 14.5 Å². The van der Waals surface area contributed by atoms with Crippen molar-refractivity contribution in [2.24, 2.45) is 5.73 Å². The van der Waals surface area contributed by atoms with Crippen LogP contribution in [0.1, 0.15) is 45.4 Å². The molecule has 0 aliphatic heterocycles. The second kappa shape index (κ2) is 7.52. The molecule has 0 spiro atoms. The molecule has 1 aromatic carbocycles. The van der Waals surface area contributed by atoms with E-state index in [2.05, 4.69) is 16.5 Å². The SMILES string of the molecule is CCCc1nc2c(N)nc3ccccc3c2n1C(C)(CCCC(N)=O)OC. The molecule has 7 nitrogen and oxygen atoms in total. The lowest BCUT2D eigenvalue weighted by Crippen LogP contribution is -2.34. The van der Waals surface area contributed by atoms with Gasteiger partial charge in [-0.05, 0) is 32.3 Å². The van der Waals surface area contributed by atoms with Crippen LogP contribution in [-0.2, 0) is 21.7 Å². The van der Waals surface area contributed by atoms with E-state index < -0.39 is 5.72 Å². The molecule has 7 heteroatoms. The van der Waals surface area contributed by atoms with Gasteiger partial charge in [-0.2, -0.15) is 0 Å². The third-order valence-corrected chi connectivity index (χ3v) is 5.04.